The van der Waals surface area contributed by atoms with E-state index < -0.39 is 0 Å². The lowest BCUT2D eigenvalue weighted by Crippen LogP contribution is -2.26. The van der Waals surface area contributed by atoms with Crippen LogP contribution in [0.2, 0.25) is 5.28 Å². The summed E-state index contributed by atoms with van der Waals surface area (Å²) in [6.45, 7) is 8.78. The second-order valence-electron chi connectivity index (χ2n) is 4.05. The molecule has 1 aromatic heterocycles. The smallest absolute Gasteiger partial charge is 0.322 e. The van der Waals surface area contributed by atoms with Crippen molar-refractivity contribution in [3.8, 4) is 6.01 Å². The molecular weight excluding hydrogens is 240 g/mol. The van der Waals surface area contributed by atoms with Crippen LogP contribution >= 0.6 is 11.6 Å². The van der Waals surface area contributed by atoms with Crippen molar-refractivity contribution in [3.63, 3.8) is 0 Å². The Bertz CT molecular complexity index is 359. The Labute approximate surface area is 107 Å². The van der Waals surface area contributed by atoms with Crippen molar-refractivity contribution >= 4 is 17.5 Å². The standard InChI is InChI=1S/C11H19ClN4O/c1-5-8(7(3)4)13-10-14-9(12)15-11(16-10)17-6-2/h7-8H,5-6H2,1-4H3,(H,13,14,15,16). The Hall–Kier alpha value is -1.10. The summed E-state index contributed by atoms with van der Waals surface area (Å²) in [6.07, 6.45) is 0.991. The number of nitrogens with zero attached hydrogens (tertiary/aromatic N) is 3. The van der Waals surface area contributed by atoms with Gasteiger partial charge in [-0.25, -0.2) is 0 Å². The molecule has 5 nitrogen and oxygen atoms in total. The zero-order valence-corrected chi connectivity index (χ0v) is 11.5. The zero-order valence-electron chi connectivity index (χ0n) is 10.7. The SMILES string of the molecule is CCOc1nc(Cl)nc(NC(CC)C(C)C)n1. The average Bonchev–Trinajstić information content (AvgIpc) is 2.25. The van der Waals surface area contributed by atoms with Crippen molar-refractivity contribution in [2.24, 2.45) is 5.92 Å². The van der Waals surface area contributed by atoms with E-state index in [1.54, 1.807) is 0 Å². The number of halogens is 1. The zero-order chi connectivity index (χ0) is 12.8. The molecule has 0 saturated carbocycles. The van der Waals surface area contributed by atoms with Crippen LogP contribution in [0, 0.1) is 5.92 Å². The maximum atomic E-state index is 5.81. The van der Waals surface area contributed by atoms with E-state index in [2.05, 4.69) is 41.0 Å². The third-order valence-corrected chi connectivity index (χ3v) is 2.59. The van der Waals surface area contributed by atoms with Crippen LogP contribution in [0.1, 0.15) is 34.1 Å². The molecule has 6 heteroatoms. The van der Waals surface area contributed by atoms with Gasteiger partial charge in [-0.2, -0.15) is 15.0 Å². The third kappa shape index (κ3) is 4.34. The monoisotopic (exact) mass is 258 g/mol. The van der Waals surface area contributed by atoms with Gasteiger partial charge in [-0.15, -0.1) is 0 Å². The molecule has 0 aliphatic rings. The van der Waals surface area contributed by atoms with Crippen molar-refractivity contribution in [2.45, 2.75) is 40.2 Å². The summed E-state index contributed by atoms with van der Waals surface area (Å²) in [4.78, 5) is 12.1. The highest BCUT2D eigenvalue weighted by Crippen LogP contribution is 2.15. The van der Waals surface area contributed by atoms with E-state index in [1.807, 2.05) is 6.92 Å². The van der Waals surface area contributed by atoms with Gasteiger partial charge in [0.15, 0.2) is 0 Å². The normalized spacial score (nSPS) is 12.6. The van der Waals surface area contributed by atoms with Crippen molar-refractivity contribution in [1.82, 2.24) is 15.0 Å². The molecule has 1 N–H and O–H groups in total. The summed E-state index contributed by atoms with van der Waals surface area (Å²) in [7, 11) is 0. The molecule has 0 saturated heterocycles. The first kappa shape index (κ1) is 14.0. The highest BCUT2D eigenvalue weighted by atomic mass is 35.5. The van der Waals surface area contributed by atoms with E-state index in [1.165, 1.54) is 0 Å². The number of hydrogen-bond acceptors (Lipinski definition) is 5. The van der Waals surface area contributed by atoms with Gasteiger partial charge in [0.2, 0.25) is 11.2 Å². The van der Waals surface area contributed by atoms with E-state index in [0.29, 0.717) is 24.5 Å². The number of rotatable bonds is 6. The van der Waals surface area contributed by atoms with E-state index >= 15 is 0 Å². The molecule has 1 unspecified atom stereocenters. The fraction of sp³-hybridized carbons (Fsp3) is 0.727. The van der Waals surface area contributed by atoms with Crippen molar-refractivity contribution in [2.75, 3.05) is 11.9 Å². The van der Waals surface area contributed by atoms with Gasteiger partial charge in [0.25, 0.3) is 0 Å². The maximum Gasteiger partial charge on any atom is 0.322 e. The summed E-state index contributed by atoms with van der Waals surface area (Å²) in [6, 6.07) is 0.566. The van der Waals surface area contributed by atoms with Gasteiger partial charge in [-0.3, -0.25) is 0 Å². The Morgan fingerprint density at radius 2 is 1.94 bits per heavy atom. The van der Waals surface area contributed by atoms with Crippen LogP contribution in [0.4, 0.5) is 5.95 Å². The van der Waals surface area contributed by atoms with Gasteiger partial charge >= 0.3 is 6.01 Å². The third-order valence-electron chi connectivity index (χ3n) is 2.42. The van der Waals surface area contributed by atoms with E-state index in [-0.39, 0.29) is 11.3 Å². The molecule has 96 valence electrons. The van der Waals surface area contributed by atoms with Crippen LogP contribution in [0.5, 0.6) is 6.01 Å². The van der Waals surface area contributed by atoms with Gasteiger partial charge in [-0.1, -0.05) is 20.8 Å². The first-order chi connectivity index (χ1) is 8.06. The van der Waals surface area contributed by atoms with Crippen LogP contribution in [-0.4, -0.2) is 27.6 Å². The lowest BCUT2D eigenvalue weighted by molar-refractivity contribution is 0.311. The second kappa shape index (κ2) is 6.59. The summed E-state index contributed by atoms with van der Waals surface area (Å²) in [5, 5.41) is 3.38. The number of nitrogens with one attached hydrogen (secondary N) is 1. The van der Waals surface area contributed by atoms with Gasteiger partial charge < -0.3 is 10.1 Å². The molecule has 0 bridgehead atoms. The van der Waals surface area contributed by atoms with E-state index in [9.17, 15) is 0 Å². The Kier molecular flexibility index (Phi) is 5.41. The first-order valence-corrected chi connectivity index (χ1v) is 6.25. The van der Waals surface area contributed by atoms with Gasteiger partial charge in [-0.05, 0) is 30.9 Å². The number of ether oxygens (including phenoxy) is 1. The Balaban J connectivity index is 2.82. The highest BCUT2D eigenvalue weighted by molar-refractivity contribution is 6.28. The molecule has 0 fully saturated rings. The maximum absolute atomic E-state index is 5.81. The molecule has 0 aromatic carbocycles. The van der Waals surface area contributed by atoms with Crippen LogP contribution in [-0.2, 0) is 0 Å². The topological polar surface area (TPSA) is 59.9 Å². The fourth-order valence-electron chi connectivity index (χ4n) is 1.50. The number of hydrogen-bond donors (Lipinski definition) is 1. The Morgan fingerprint density at radius 3 is 2.47 bits per heavy atom. The van der Waals surface area contributed by atoms with Crippen LogP contribution < -0.4 is 10.1 Å². The van der Waals surface area contributed by atoms with Crippen LogP contribution in [0.3, 0.4) is 0 Å². The van der Waals surface area contributed by atoms with Crippen molar-refractivity contribution in [1.29, 1.82) is 0 Å². The molecule has 1 aromatic rings. The van der Waals surface area contributed by atoms with Crippen molar-refractivity contribution < 1.29 is 4.74 Å². The minimum atomic E-state index is 0.143. The molecule has 0 aliphatic carbocycles. The molecule has 0 radical (unpaired) electrons. The Morgan fingerprint density at radius 1 is 1.24 bits per heavy atom. The largest absolute Gasteiger partial charge is 0.464 e. The first-order valence-electron chi connectivity index (χ1n) is 5.87. The van der Waals surface area contributed by atoms with Crippen LogP contribution in [0.15, 0.2) is 0 Å². The van der Waals surface area contributed by atoms with Crippen LogP contribution in [0.25, 0.3) is 0 Å². The molecule has 0 aliphatic heterocycles. The average molecular weight is 259 g/mol. The number of aromatic nitrogens is 3. The fourth-order valence-corrected chi connectivity index (χ4v) is 1.65. The van der Waals surface area contributed by atoms with Gasteiger partial charge in [0, 0.05) is 6.04 Å². The lowest BCUT2D eigenvalue weighted by atomic mass is 10.0. The molecule has 1 rings (SSSR count). The summed E-state index contributed by atoms with van der Waals surface area (Å²) < 4.78 is 5.22. The highest BCUT2D eigenvalue weighted by Gasteiger charge is 2.13. The lowest BCUT2D eigenvalue weighted by Gasteiger charge is -2.20. The summed E-state index contributed by atoms with van der Waals surface area (Å²) in [5.74, 6) is 0.958. The minimum Gasteiger partial charge on any atom is -0.464 e. The second-order valence-corrected chi connectivity index (χ2v) is 4.38. The predicted molar refractivity (Wildman–Crippen MR) is 68.5 cm³/mol. The van der Waals surface area contributed by atoms with Crippen molar-refractivity contribution in [3.05, 3.63) is 5.28 Å². The summed E-state index contributed by atoms with van der Waals surface area (Å²) in [5.41, 5.74) is 0. The molecule has 1 heterocycles. The van der Waals surface area contributed by atoms with Gasteiger partial charge in [0.1, 0.15) is 0 Å². The molecule has 17 heavy (non-hydrogen) atoms. The minimum absolute atomic E-state index is 0.143. The summed E-state index contributed by atoms with van der Waals surface area (Å²) >= 11 is 5.81. The molecule has 0 spiro atoms. The molecule has 1 atom stereocenters. The van der Waals surface area contributed by atoms with E-state index in [4.69, 9.17) is 16.3 Å². The van der Waals surface area contributed by atoms with Gasteiger partial charge in [0.05, 0.1) is 6.61 Å². The number of anilines is 1. The van der Waals surface area contributed by atoms with E-state index in [0.717, 1.165) is 6.42 Å². The quantitative estimate of drug-likeness (QED) is 0.850. The molecule has 0 amide bonds. The predicted octanol–water partition coefficient (Wildman–Crippen LogP) is 2.77. The molecular formula is C11H19ClN4O.